The van der Waals surface area contributed by atoms with Crippen molar-refractivity contribution in [3.8, 4) is 10.7 Å². The van der Waals surface area contributed by atoms with E-state index >= 15 is 0 Å². The van der Waals surface area contributed by atoms with Crippen LogP contribution in [0, 0.1) is 0 Å². The highest BCUT2D eigenvalue weighted by atomic mass is 32.1. The highest BCUT2D eigenvalue weighted by molar-refractivity contribution is 7.18. The lowest BCUT2D eigenvalue weighted by Crippen LogP contribution is -2.40. The van der Waals surface area contributed by atoms with Gasteiger partial charge >= 0.3 is 0 Å². The summed E-state index contributed by atoms with van der Waals surface area (Å²) in [5, 5.41) is 1.60. The lowest BCUT2D eigenvalue weighted by Gasteiger charge is -2.33. The summed E-state index contributed by atoms with van der Waals surface area (Å²) in [5.41, 5.74) is 4.68. The molecule has 0 fully saturated rings. The summed E-state index contributed by atoms with van der Waals surface area (Å²) in [6, 6.07) is 11.6. The fraction of sp³-hybridized carbons (Fsp3) is 0.160. The summed E-state index contributed by atoms with van der Waals surface area (Å²) < 4.78 is 1.09. The van der Waals surface area contributed by atoms with Crippen LogP contribution in [0.1, 0.15) is 37.7 Å². The number of allylic oxidation sites excluding steroid dienone is 1. The molecule has 9 heteroatoms. The minimum absolute atomic E-state index is 0.0668. The second-order valence-electron chi connectivity index (χ2n) is 7.97. The Kier molecular flexibility index (Phi) is 5.27. The number of fused-ring (bicyclic) bond motifs is 2. The largest absolute Gasteiger partial charge is 0.348 e. The molecule has 0 saturated carbocycles. The van der Waals surface area contributed by atoms with E-state index in [2.05, 4.69) is 32.6 Å². The molecule has 7 nitrogen and oxygen atoms in total. The third-order valence-electron chi connectivity index (χ3n) is 5.90. The van der Waals surface area contributed by atoms with Gasteiger partial charge in [0.1, 0.15) is 26.6 Å². The molecule has 0 unspecified atom stereocenters. The van der Waals surface area contributed by atoms with Crippen LogP contribution in [0.25, 0.3) is 20.9 Å². The smallest absolute Gasteiger partial charge is 0.266 e. The van der Waals surface area contributed by atoms with E-state index in [1.807, 2.05) is 41.3 Å². The van der Waals surface area contributed by atoms with E-state index in [9.17, 15) is 4.79 Å². The zero-order valence-corrected chi connectivity index (χ0v) is 19.8. The van der Waals surface area contributed by atoms with Crippen LogP contribution in [-0.2, 0) is 12.8 Å². The van der Waals surface area contributed by atoms with Crippen molar-refractivity contribution in [2.45, 2.75) is 18.9 Å². The Labute approximate surface area is 203 Å². The van der Waals surface area contributed by atoms with Gasteiger partial charge in [0.2, 0.25) is 0 Å². The molecule has 1 aromatic carbocycles. The molecule has 1 amide bonds. The number of hydrogen-bond acceptors (Lipinski definition) is 7. The molecule has 1 aliphatic heterocycles. The first-order valence-corrected chi connectivity index (χ1v) is 12.6. The van der Waals surface area contributed by atoms with Crippen molar-refractivity contribution in [1.29, 1.82) is 0 Å². The Bertz CT molecular complexity index is 1480. The molecule has 1 N–H and O–H groups in total. The van der Waals surface area contributed by atoms with Gasteiger partial charge in [-0.1, -0.05) is 24.3 Å². The van der Waals surface area contributed by atoms with Gasteiger partial charge in [-0.2, -0.15) is 0 Å². The molecule has 34 heavy (non-hydrogen) atoms. The molecule has 4 aromatic heterocycles. The zero-order chi connectivity index (χ0) is 23.1. The van der Waals surface area contributed by atoms with E-state index in [1.165, 1.54) is 11.3 Å². The summed E-state index contributed by atoms with van der Waals surface area (Å²) in [7, 11) is 0. The zero-order valence-electron chi connectivity index (χ0n) is 18.1. The molecule has 6 rings (SSSR count). The molecule has 168 valence electrons. The number of hydrogen-bond donors (Lipinski definition) is 1. The number of H-pyrrole nitrogens is 1. The minimum Gasteiger partial charge on any atom is -0.348 e. The lowest BCUT2D eigenvalue weighted by molar-refractivity contribution is 0.0695. The van der Waals surface area contributed by atoms with E-state index in [-0.39, 0.29) is 11.9 Å². The van der Waals surface area contributed by atoms with Crippen molar-refractivity contribution >= 4 is 38.8 Å². The van der Waals surface area contributed by atoms with Gasteiger partial charge < -0.3 is 9.88 Å². The predicted molar refractivity (Wildman–Crippen MR) is 134 cm³/mol. The molecular weight excluding hydrogens is 464 g/mol. The predicted octanol–water partition coefficient (Wildman–Crippen LogP) is 5.05. The van der Waals surface area contributed by atoms with Gasteiger partial charge in [-0.25, -0.2) is 15.0 Å². The van der Waals surface area contributed by atoms with Gasteiger partial charge in [0.05, 0.1) is 28.4 Å². The van der Waals surface area contributed by atoms with Gasteiger partial charge in [0.15, 0.2) is 0 Å². The molecule has 0 aliphatic carbocycles. The van der Waals surface area contributed by atoms with Crippen molar-refractivity contribution < 1.29 is 4.79 Å². The summed E-state index contributed by atoms with van der Waals surface area (Å²) in [5.74, 6) is -0.0668. The number of pyridine rings is 1. The topological polar surface area (TPSA) is 87.7 Å². The van der Waals surface area contributed by atoms with Gasteiger partial charge in [-0.05, 0) is 30.2 Å². The number of aromatic amines is 1. The number of carbonyl (C=O) groups is 1. The molecular formula is C25H20N6OS2. The fourth-order valence-corrected chi connectivity index (χ4v) is 6.32. The van der Waals surface area contributed by atoms with Gasteiger partial charge in [-0.15, -0.1) is 29.3 Å². The van der Waals surface area contributed by atoms with E-state index in [4.69, 9.17) is 4.98 Å². The summed E-state index contributed by atoms with van der Waals surface area (Å²) in [6.07, 6.45) is 8.36. The molecule has 0 radical (unpaired) electrons. The first-order valence-electron chi connectivity index (χ1n) is 10.9. The molecule has 0 bridgehead atoms. The first-order chi connectivity index (χ1) is 16.7. The third kappa shape index (κ3) is 3.53. The number of aromatic nitrogens is 5. The van der Waals surface area contributed by atoms with Crippen LogP contribution in [0.3, 0.4) is 0 Å². The van der Waals surface area contributed by atoms with Crippen molar-refractivity contribution in [1.82, 2.24) is 29.8 Å². The van der Waals surface area contributed by atoms with E-state index < -0.39 is 0 Å². The van der Waals surface area contributed by atoms with Gasteiger partial charge in [0, 0.05) is 24.9 Å². The number of nitrogens with zero attached hydrogens (tertiary/aromatic N) is 5. The van der Waals surface area contributed by atoms with E-state index in [0.29, 0.717) is 17.8 Å². The minimum atomic E-state index is -0.336. The summed E-state index contributed by atoms with van der Waals surface area (Å²) >= 11 is 2.98. The average molecular weight is 485 g/mol. The Morgan fingerprint density at radius 2 is 2.09 bits per heavy atom. The maximum atomic E-state index is 13.8. The second kappa shape index (κ2) is 8.58. The van der Waals surface area contributed by atoms with E-state index in [0.717, 1.165) is 49.3 Å². The van der Waals surface area contributed by atoms with Crippen molar-refractivity contribution in [3.63, 3.8) is 0 Å². The first kappa shape index (κ1) is 20.9. The number of para-hydroxylation sites is 1. The molecule has 1 atom stereocenters. The SMILES string of the molecule is C=CCc1cccnc1-c1ncc(C(=O)N2CCc3[nH]cnc3[C@H]2c2nc3ccccc3s2)s1. The number of amides is 1. The van der Waals surface area contributed by atoms with Crippen LogP contribution < -0.4 is 0 Å². The highest BCUT2D eigenvalue weighted by Crippen LogP contribution is 2.39. The Morgan fingerprint density at radius 3 is 2.97 bits per heavy atom. The van der Waals surface area contributed by atoms with E-state index in [1.54, 1.807) is 30.1 Å². The lowest BCUT2D eigenvalue weighted by atomic mass is 10.0. The van der Waals surface area contributed by atoms with Crippen LogP contribution in [0.2, 0.25) is 0 Å². The highest BCUT2D eigenvalue weighted by Gasteiger charge is 2.37. The summed E-state index contributed by atoms with van der Waals surface area (Å²) in [6.45, 7) is 4.41. The van der Waals surface area contributed by atoms with Crippen molar-refractivity contribution in [2.75, 3.05) is 6.54 Å². The summed E-state index contributed by atoms with van der Waals surface area (Å²) in [4.78, 5) is 38.0. The second-order valence-corrected chi connectivity index (χ2v) is 10.1. The molecule has 0 saturated heterocycles. The number of benzene rings is 1. The van der Waals surface area contributed by atoms with Crippen LogP contribution in [0.5, 0.6) is 0 Å². The fourth-order valence-electron chi connectivity index (χ4n) is 4.33. The number of thiazole rings is 2. The molecule has 1 aliphatic rings. The number of rotatable bonds is 5. The van der Waals surface area contributed by atoms with Gasteiger partial charge in [-0.3, -0.25) is 9.78 Å². The number of carbonyl (C=O) groups excluding carboxylic acids is 1. The maximum absolute atomic E-state index is 13.8. The number of imidazole rings is 1. The Morgan fingerprint density at radius 1 is 1.18 bits per heavy atom. The third-order valence-corrected chi connectivity index (χ3v) is 7.99. The number of nitrogens with one attached hydrogen (secondary N) is 1. The van der Waals surface area contributed by atoms with Crippen LogP contribution in [-0.4, -0.2) is 42.3 Å². The Balaban J connectivity index is 1.38. The Hall–Kier alpha value is -3.69. The monoisotopic (exact) mass is 484 g/mol. The van der Waals surface area contributed by atoms with Crippen LogP contribution in [0.15, 0.2) is 67.8 Å². The van der Waals surface area contributed by atoms with Crippen LogP contribution >= 0.6 is 22.7 Å². The van der Waals surface area contributed by atoms with Crippen LogP contribution in [0.4, 0.5) is 0 Å². The van der Waals surface area contributed by atoms with Gasteiger partial charge in [0.25, 0.3) is 5.91 Å². The quantitative estimate of drug-likeness (QED) is 0.353. The average Bonchev–Trinajstić information content (AvgIpc) is 3.62. The molecule has 5 heterocycles. The molecule has 5 aromatic rings. The molecule has 0 spiro atoms. The normalized spacial score (nSPS) is 15.4. The standard InChI is InChI=1S/C25H20N6OS2/c1-2-6-15-7-5-11-26-20(15)23-27-13-19(34-23)25(32)31-12-10-17-21(29-14-28-17)22(31)24-30-16-8-3-4-9-18(16)33-24/h2-5,7-9,11,13-14,22H,1,6,10,12H2,(H,28,29)/t22-/m0/s1. The maximum Gasteiger partial charge on any atom is 0.266 e. The van der Waals surface area contributed by atoms with Crippen molar-refractivity contribution in [2.24, 2.45) is 0 Å². The van der Waals surface area contributed by atoms with Crippen molar-refractivity contribution in [3.05, 3.63) is 94.6 Å².